The molecule has 0 amide bonds. The lowest BCUT2D eigenvalue weighted by molar-refractivity contribution is -0.358. The van der Waals surface area contributed by atoms with E-state index in [1.54, 1.807) is 0 Å². The van der Waals surface area contributed by atoms with Gasteiger partial charge in [0.1, 0.15) is 5.15 Å². The molecule has 0 radical (unpaired) electrons. The number of aromatic nitrogens is 1. The van der Waals surface area contributed by atoms with Crippen molar-refractivity contribution in [1.82, 2.24) is 4.98 Å². The molecule has 0 aromatic carbocycles. The van der Waals surface area contributed by atoms with Crippen LogP contribution in [0.1, 0.15) is 5.56 Å². The predicted molar refractivity (Wildman–Crippen MR) is 41.4 cm³/mol. The molecule has 0 saturated carbocycles. The Kier molecular flexibility index (Phi) is 2.71. The van der Waals surface area contributed by atoms with Gasteiger partial charge in [0, 0.05) is 11.8 Å². The summed E-state index contributed by atoms with van der Waals surface area (Å²) in [7, 11) is 0. The zero-order chi connectivity index (χ0) is 11.0. The molecular weight excluding hydrogens is 223 g/mol. The zero-order valence-electron chi connectivity index (χ0n) is 6.59. The van der Waals surface area contributed by atoms with Crippen molar-refractivity contribution in [1.29, 1.82) is 0 Å². The molecule has 0 aliphatic rings. The highest BCUT2D eigenvalue weighted by atomic mass is 35.5. The fraction of sp³-hybridized carbons (Fsp3) is 0.286. The largest absolute Gasteiger partial charge is 0.447 e. The summed E-state index contributed by atoms with van der Waals surface area (Å²) in [5.41, 5.74) is -0.773. The van der Waals surface area contributed by atoms with Crippen molar-refractivity contribution >= 4 is 11.6 Å². The van der Waals surface area contributed by atoms with Gasteiger partial charge in [-0.15, -0.1) is 0 Å². The fourth-order valence-electron chi connectivity index (χ4n) is 0.783. The molecule has 1 heterocycles. The summed E-state index contributed by atoms with van der Waals surface area (Å²) in [6.45, 7) is 0. The normalized spacial score (nSPS) is 13.0. The van der Waals surface area contributed by atoms with Crippen LogP contribution in [-0.2, 0) is 5.79 Å². The molecule has 0 bridgehead atoms. The minimum absolute atomic E-state index is 0.251. The van der Waals surface area contributed by atoms with Crippen molar-refractivity contribution in [3.8, 4) is 0 Å². The van der Waals surface area contributed by atoms with Crippen molar-refractivity contribution in [3.63, 3.8) is 0 Å². The summed E-state index contributed by atoms with van der Waals surface area (Å²) in [5.74, 6) is -3.90. The number of hydrogen-bond donors (Lipinski definition) is 2. The Morgan fingerprint density at radius 2 is 1.86 bits per heavy atom. The lowest BCUT2D eigenvalue weighted by Crippen LogP contribution is -2.42. The van der Waals surface area contributed by atoms with Gasteiger partial charge in [0.15, 0.2) is 0 Å². The van der Waals surface area contributed by atoms with E-state index in [1.165, 1.54) is 0 Å². The Labute approximate surface area is 81.8 Å². The maximum Gasteiger partial charge on any atom is 0.447 e. The van der Waals surface area contributed by atoms with E-state index < -0.39 is 17.5 Å². The predicted octanol–water partition coefficient (Wildman–Crippen LogP) is 1.43. The van der Waals surface area contributed by atoms with Crippen LogP contribution in [0.15, 0.2) is 18.3 Å². The summed E-state index contributed by atoms with van der Waals surface area (Å²) < 4.78 is 36.3. The molecule has 1 rings (SSSR count). The number of alkyl halides is 3. The summed E-state index contributed by atoms with van der Waals surface area (Å²) in [6.07, 6.45) is -4.23. The average Bonchev–Trinajstić information content (AvgIpc) is 2.02. The summed E-state index contributed by atoms with van der Waals surface area (Å²) in [4.78, 5) is 3.41. The van der Waals surface area contributed by atoms with Crippen molar-refractivity contribution in [2.24, 2.45) is 0 Å². The molecule has 0 atom stereocenters. The first-order valence-corrected chi connectivity index (χ1v) is 3.76. The maximum atomic E-state index is 12.1. The molecule has 0 unspecified atom stereocenters. The molecule has 2 N–H and O–H groups in total. The van der Waals surface area contributed by atoms with Gasteiger partial charge in [-0.2, -0.15) is 13.2 Å². The SMILES string of the molecule is OC(O)(c1ccnc(Cl)c1)C(F)(F)F. The topological polar surface area (TPSA) is 53.4 Å². The molecule has 0 aliphatic carbocycles. The Morgan fingerprint density at radius 1 is 1.29 bits per heavy atom. The molecule has 1 aromatic rings. The Bertz CT molecular complexity index is 340. The third kappa shape index (κ3) is 1.97. The van der Waals surface area contributed by atoms with Gasteiger partial charge in [-0.3, -0.25) is 0 Å². The number of hydrogen-bond acceptors (Lipinski definition) is 3. The van der Waals surface area contributed by atoms with Crippen molar-refractivity contribution in [2.45, 2.75) is 12.0 Å². The van der Waals surface area contributed by atoms with E-state index in [0.717, 1.165) is 18.3 Å². The van der Waals surface area contributed by atoms with E-state index in [-0.39, 0.29) is 5.15 Å². The van der Waals surface area contributed by atoms with Gasteiger partial charge in [-0.05, 0) is 12.1 Å². The van der Waals surface area contributed by atoms with Gasteiger partial charge < -0.3 is 10.2 Å². The summed E-state index contributed by atoms with van der Waals surface area (Å²) >= 11 is 5.30. The lowest BCUT2D eigenvalue weighted by atomic mass is 10.1. The second-order valence-corrected chi connectivity index (χ2v) is 2.92. The van der Waals surface area contributed by atoms with E-state index in [9.17, 15) is 13.2 Å². The average molecular weight is 228 g/mol. The van der Waals surface area contributed by atoms with Gasteiger partial charge >= 0.3 is 6.18 Å². The van der Waals surface area contributed by atoms with E-state index in [1.807, 2.05) is 0 Å². The van der Waals surface area contributed by atoms with Gasteiger partial charge in [0.25, 0.3) is 5.79 Å². The summed E-state index contributed by atoms with van der Waals surface area (Å²) in [6, 6.07) is 1.55. The number of halogens is 4. The van der Waals surface area contributed by atoms with Crippen LogP contribution in [0.3, 0.4) is 0 Å². The highest BCUT2D eigenvalue weighted by molar-refractivity contribution is 6.29. The highest BCUT2D eigenvalue weighted by Crippen LogP contribution is 2.36. The second kappa shape index (κ2) is 3.38. The molecule has 0 saturated heterocycles. The smallest absolute Gasteiger partial charge is 0.355 e. The van der Waals surface area contributed by atoms with Crippen molar-refractivity contribution in [3.05, 3.63) is 29.0 Å². The lowest BCUT2D eigenvalue weighted by Gasteiger charge is -2.24. The fourth-order valence-corrected chi connectivity index (χ4v) is 0.957. The molecule has 3 nitrogen and oxygen atoms in total. The zero-order valence-corrected chi connectivity index (χ0v) is 7.34. The monoisotopic (exact) mass is 227 g/mol. The number of nitrogens with zero attached hydrogens (tertiary/aromatic N) is 1. The standard InChI is InChI=1S/C7H5ClF3NO2/c8-5-3-4(1-2-12-5)6(13,14)7(9,10)11/h1-3,13-14H. The van der Waals surface area contributed by atoms with Crippen LogP contribution in [-0.4, -0.2) is 21.4 Å². The second-order valence-electron chi connectivity index (χ2n) is 2.54. The van der Waals surface area contributed by atoms with Crippen LogP contribution < -0.4 is 0 Å². The van der Waals surface area contributed by atoms with Crippen molar-refractivity contribution in [2.75, 3.05) is 0 Å². The first-order chi connectivity index (χ1) is 6.25. The van der Waals surface area contributed by atoms with Gasteiger partial charge in [0.2, 0.25) is 0 Å². The Hall–Kier alpha value is -0.850. The minimum atomic E-state index is -5.18. The van der Waals surface area contributed by atoms with Crippen LogP contribution in [0, 0.1) is 0 Å². The van der Waals surface area contributed by atoms with Crippen molar-refractivity contribution < 1.29 is 23.4 Å². The Balaban J connectivity index is 3.16. The molecule has 14 heavy (non-hydrogen) atoms. The Morgan fingerprint density at radius 3 is 2.29 bits per heavy atom. The van der Waals surface area contributed by atoms with E-state index in [2.05, 4.69) is 4.98 Å². The number of pyridine rings is 1. The molecule has 0 spiro atoms. The number of aliphatic hydroxyl groups is 2. The van der Waals surface area contributed by atoms with Crippen LogP contribution in [0.2, 0.25) is 5.15 Å². The first-order valence-electron chi connectivity index (χ1n) is 3.38. The van der Waals surface area contributed by atoms with Crippen LogP contribution in [0.4, 0.5) is 13.2 Å². The molecular formula is C7H5ClF3NO2. The van der Waals surface area contributed by atoms with Gasteiger partial charge in [-0.25, -0.2) is 4.98 Å². The van der Waals surface area contributed by atoms with Crippen LogP contribution in [0.5, 0.6) is 0 Å². The van der Waals surface area contributed by atoms with Gasteiger partial charge in [0.05, 0.1) is 0 Å². The van der Waals surface area contributed by atoms with Crippen LogP contribution in [0.25, 0.3) is 0 Å². The highest BCUT2D eigenvalue weighted by Gasteiger charge is 2.54. The van der Waals surface area contributed by atoms with E-state index in [0.29, 0.717) is 0 Å². The molecule has 78 valence electrons. The molecule has 0 fully saturated rings. The minimum Gasteiger partial charge on any atom is -0.355 e. The van der Waals surface area contributed by atoms with Crippen LogP contribution >= 0.6 is 11.6 Å². The third-order valence-corrected chi connectivity index (χ3v) is 1.73. The third-order valence-electron chi connectivity index (χ3n) is 1.52. The molecule has 0 aliphatic heterocycles. The maximum absolute atomic E-state index is 12.1. The van der Waals surface area contributed by atoms with E-state index in [4.69, 9.17) is 21.8 Å². The van der Waals surface area contributed by atoms with Gasteiger partial charge in [-0.1, -0.05) is 11.6 Å². The summed E-state index contributed by atoms with van der Waals surface area (Å²) in [5, 5.41) is 17.3. The molecule has 1 aromatic heterocycles. The van der Waals surface area contributed by atoms with E-state index >= 15 is 0 Å². The first kappa shape index (κ1) is 11.2. The number of rotatable bonds is 1. The molecule has 7 heteroatoms. The quantitative estimate of drug-likeness (QED) is 0.564.